The van der Waals surface area contributed by atoms with Gasteiger partial charge in [0.15, 0.2) is 0 Å². The second kappa shape index (κ2) is 7.39. The molecule has 18 heavy (non-hydrogen) atoms. The molecule has 3 nitrogen and oxygen atoms in total. The number of benzene rings is 1. The van der Waals surface area contributed by atoms with E-state index in [0.717, 1.165) is 36.3 Å². The van der Waals surface area contributed by atoms with Crippen molar-refractivity contribution in [3.8, 4) is 5.75 Å². The number of hydrogen-bond acceptors (Lipinski definition) is 3. The van der Waals surface area contributed by atoms with Crippen LogP contribution in [0.2, 0.25) is 0 Å². The molecule has 0 aliphatic rings. The summed E-state index contributed by atoms with van der Waals surface area (Å²) in [5, 5.41) is 9.27. The zero-order chi connectivity index (χ0) is 13.5. The van der Waals surface area contributed by atoms with Crippen molar-refractivity contribution in [3.05, 3.63) is 28.8 Å². The molecule has 102 valence electrons. The number of aryl methyl sites for hydroxylation is 2. The molecule has 0 saturated carbocycles. The second-order valence-electron chi connectivity index (χ2n) is 4.91. The van der Waals surface area contributed by atoms with Crippen LogP contribution >= 0.6 is 0 Å². The number of aliphatic hydroxyl groups is 1. The van der Waals surface area contributed by atoms with Crippen molar-refractivity contribution in [2.45, 2.75) is 33.6 Å². The molecule has 0 amide bonds. The zero-order valence-corrected chi connectivity index (χ0v) is 11.7. The van der Waals surface area contributed by atoms with Gasteiger partial charge in [-0.05, 0) is 50.3 Å². The SMILES string of the molecule is CCCOc1c(C)cc(C)cc1CC(CN)CO. The third-order valence-corrected chi connectivity index (χ3v) is 3.05. The quantitative estimate of drug-likeness (QED) is 0.781. The van der Waals surface area contributed by atoms with E-state index >= 15 is 0 Å². The van der Waals surface area contributed by atoms with Crippen LogP contribution in [-0.2, 0) is 6.42 Å². The third kappa shape index (κ3) is 4.00. The van der Waals surface area contributed by atoms with Gasteiger partial charge in [-0.15, -0.1) is 0 Å². The monoisotopic (exact) mass is 251 g/mol. The Morgan fingerprint density at radius 3 is 2.61 bits per heavy atom. The maximum atomic E-state index is 9.27. The van der Waals surface area contributed by atoms with Crippen molar-refractivity contribution < 1.29 is 9.84 Å². The van der Waals surface area contributed by atoms with Crippen LogP contribution in [0.15, 0.2) is 12.1 Å². The topological polar surface area (TPSA) is 55.5 Å². The lowest BCUT2D eigenvalue weighted by atomic mass is 9.96. The number of nitrogens with two attached hydrogens (primary N) is 1. The summed E-state index contributed by atoms with van der Waals surface area (Å²) < 4.78 is 5.84. The Hall–Kier alpha value is -1.06. The minimum atomic E-state index is 0.107. The highest BCUT2D eigenvalue weighted by Gasteiger charge is 2.13. The Morgan fingerprint density at radius 2 is 2.06 bits per heavy atom. The number of aliphatic hydroxyl groups excluding tert-OH is 1. The summed E-state index contributed by atoms with van der Waals surface area (Å²) in [6.07, 6.45) is 1.77. The molecule has 1 aromatic carbocycles. The van der Waals surface area contributed by atoms with Crippen LogP contribution in [-0.4, -0.2) is 24.9 Å². The molecule has 0 bridgehead atoms. The number of ether oxygens (including phenoxy) is 1. The molecule has 1 aromatic rings. The van der Waals surface area contributed by atoms with Gasteiger partial charge in [-0.1, -0.05) is 24.6 Å². The lowest BCUT2D eigenvalue weighted by molar-refractivity contribution is 0.228. The highest BCUT2D eigenvalue weighted by molar-refractivity contribution is 5.44. The first kappa shape index (κ1) is 15.0. The summed E-state index contributed by atoms with van der Waals surface area (Å²) in [7, 11) is 0. The summed E-state index contributed by atoms with van der Waals surface area (Å²) in [6, 6.07) is 4.27. The van der Waals surface area contributed by atoms with Gasteiger partial charge in [-0.25, -0.2) is 0 Å². The Labute approximate surface area is 110 Å². The minimum Gasteiger partial charge on any atom is -0.493 e. The van der Waals surface area contributed by atoms with Crippen LogP contribution in [0.1, 0.15) is 30.0 Å². The summed E-state index contributed by atoms with van der Waals surface area (Å²) in [5.41, 5.74) is 9.20. The fourth-order valence-electron chi connectivity index (χ4n) is 2.14. The van der Waals surface area contributed by atoms with Gasteiger partial charge in [0.05, 0.1) is 6.61 Å². The standard InChI is InChI=1S/C15H25NO2/c1-4-5-18-15-12(3)6-11(2)7-14(15)8-13(9-16)10-17/h6-7,13,17H,4-5,8-10,16H2,1-3H3. The number of rotatable bonds is 7. The molecule has 0 aliphatic carbocycles. The van der Waals surface area contributed by atoms with Crippen LogP contribution in [0, 0.1) is 19.8 Å². The third-order valence-electron chi connectivity index (χ3n) is 3.05. The first-order valence-corrected chi connectivity index (χ1v) is 6.66. The second-order valence-corrected chi connectivity index (χ2v) is 4.91. The largest absolute Gasteiger partial charge is 0.493 e. The van der Waals surface area contributed by atoms with E-state index in [4.69, 9.17) is 10.5 Å². The van der Waals surface area contributed by atoms with Gasteiger partial charge in [-0.2, -0.15) is 0 Å². The Balaban J connectivity index is 2.98. The van der Waals surface area contributed by atoms with E-state index in [2.05, 4.69) is 32.9 Å². The van der Waals surface area contributed by atoms with Crippen molar-refractivity contribution in [2.24, 2.45) is 11.7 Å². The molecule has 0 saturated heterocycles. The van der Waals surface area contributed by atoms with E-state index in [-0.39, 0.29) is 12.5 Å². The molecule has 0 radical (unpaired) electrons. The summed E-state index contributed by atoms with van der Waals surface area (Å²) in [5.74, 6) is 1.07. The molecule has 0 heterocycles. The summed E-state index contributed by atoms with van der Waals surface area (Å²) in [6.45, 7) is 7.59. The van der Waals surface area contributed by atoms with E-state index in [9.17, 15) is 5.11 Å². The van der Waals surface area contributed by atoms with Gasteiger partial charge in [-0.3, -0.25) is 0 Å². The average molecular weight is 251 g/mol. The van der Waals surface area contributed by atoms with E-state index in [1.54, 1.807) is 0 Å². The molecule has 1 unspecified atom stereocenters. The van der Waals surface area contributed by atoms with Crippen LogP contribution in [0.4, 0.5) is 0 Å². The smallest absolute Gasteiger partial charge is 0.125 e. The van der Waals surface area contributed by atoms with Crippen LogP contribution < -0.4 is 10.5 Å². The first-order valence-electron chi connectivity index (χ1n) is 6.66. The highest BCUT2D eigenvalue weighted by atomic mass is 16.5. The van der Waals surface area contributed by atoms with Crippen molar-refractivity contribution in [3.63, 3.8) is 0 Å². The first-order chi connectivity index (χ1) is 8.62. The molecule has 3 heteroatoms. The molecule has 1 atom stereocenters. The maximum Gasteiger partial charge on any atom is 0.125 e. The lowest BCUT2D eigenvalue weighted by Gasteiger charge is -2.18. The van der Waals surface area contributed by atoms with Crippen molar-refractivity contribution in [2.75, 3.05) is 19.8 Å². The van der Waals surface area contributed by atoms with Crippen molar-refractivity contribution in [1.29, 1.82) is 0 Å². The maximum absolute atomic E-state index is 9.27. The minimum absolute atomic E-state index is 0.107. The van der Waals surface area contributed by atoms with E-state index in [0.29, 0.717) is 6.54 Å². The Bertz CT molecular complexity index is 373. The van der Waals surface area contributed by atoms with E-state index in [1.807, 2.05) is 0 Å². The molecule has 1 rings (SSSR count). The van der Waals surface area contributed by atoms with E-state index < -0.39 is 0 Å². The van der Waals surface area contributed by atoms with Crippen LogP contribution in [0.5, 0.6) is 5.75 Å². The molecule has 3 N–H and O–H groups in total. The van der Waals surface area contributed by atoms with Crippen molar-refractivity contribution in [1.82, 2.24) is 0 Å². The molecular weight excluding hydrogens is 226 g/mol. The predicted octanol–water partition coefficient (Wildman–Crippen LogP) is 2.20. The van der Waals surface area contributed by atoms with E-state index in [1.165, 1.54) is 5.56 Å². The molecule has 0 aromatic heterocycles. The Morgan fingerprint density at radius 1 is 1.33 bits per heavy atom. The van der Waals surface area contributed by atoms with Crippen molar-refractivity contribution >= 4 is 0 Å². The molecule has 0 aliphatic heterocycles. The van der Waals surface area contributed by atoms with Gasteiger partial charge in [0.25, 0.3) is 0 Å². The average Bonchev–Trinajstić information content (AvgIpc) is 2.34. The van der Waals surface area contributed by atoms with Crippen LogP contribution in [0.3, 0.4) is 0 Å². The molecule has 0 spiro atoms. The fourth-order valence-corrected chi connectivity index (χ4v) is 2.14. The summed E-state index contributed by atoms with van der Waals surface area (Å²) >= 11 is 0. The fraction of sp³-hybridized carbons (Fsp3) is 0.600. The Kier molecular flexibility index (Phi) is 6.16. The van der Waals surface area contributed by atoms with Gasteiger partial charge in [0, 0.05) is 6.61 Å². The zero-order valence-electron chi connectivity index (χ0n) is 11.7. The molecule has 0 fully saturated rings. The van der Waals surface area contributed by atoms with Crippen LogP contribution in [0.25, 0.3) is 0 Å². The molecular formula is C15H25NO2. The van der Waals surface area contributed by atoms with Gasteiger partial charge in [0.1, 0.15) is 5.75 Å². The number of hydrogen-bond donors (Lipinski definition) is 2. The lowest BCUT2D eigenvalue weighted by Crippen LogP contribution is -2.21. The highest BCUT2D eigenvalue weighted by Crippen LogP contribution is 2.27. The van der Waals surface area contributed by atoms with Gasteiger partial charge >= 0.3 is 0 Å². The predicted molar refractivity (Wildman–Crippen MR) is 75.0 cm³/mol. The normalized spacial score (nSPS) is 12.5. The summed E-state index contributed by atoms with van der Waals surface area (Å²) in [4.78, 5) is 0. The van der Waals surface area contributed by atoms with Gasteiger partial charge < -0.3 is 15.6 Å². The van der Waals surface area contributed by atoms with Gasteiger partial charge in [0.2, 0.25) is 0 Å².